The molecule has 0 radical (unpaired) electrons. The molecule has 1 aromatic rings. The lowest BCUT2D eigenvalue weighted by Crippen LogP contribution is -2.36. The van der Waals surface area contributed by atoms with Gasteiger partial charge in [0, 0.05) is 24.2 Å². The first-order valence-electron chi connectivity index (χ1n) is 6.45. The summed E-state index contributed by atoms with van der Waals surface area (Å²) in [4.78, 5) is 13.6. The molecule has 1 fully saturated rings. The number of halogens is 1. The van der Waals surface area contributed by atoms with E-state index in [4.69, 9.17) is 16.3 Å². The van der Waals surface area contributed by atoms with E-state index in [1.807, 2.05) is 12.1 Å². The summed E-state index contributed by atoms with van der Waals surface area (Å²) in [5.41, 5.74) is 0.957. The molecule has 1 saturated heterocycles. The highest BCUT2D eigenvalue weighted by Gasteiger charge is 2.25. The van der Waals surface area contributed by atoms with Crippen molar-refractivity contribution in [3.8, 4) is 17.6 Å². The fourth-order valence-corrected chi connectivity index (χ4v) is 2.51. The molecule has 1 N–H and O–H groups in total. The Bertz CT molecular complexity index is 563. The van der Waals surface area contributed by atoms with E-state index in [1.165, 1.54) is 0 Å². The Labute approximate surface area is 124 Å². The van der Waals surface area contributed by atoms with Crippen LogP contribution in [0, 0.1) is 11.8 Å². The predicted molar refractivity (Wildman–Crippen MR) is 80.2 cm³/mol. The molecule has 0 aromatic heterocycles. The molecule has 1 heterocycles. The third-order valence-electron chi connectivity index (χ3n) is 3.24. The van der Waals surface area contributed by atoms with Crippen molar-refractivity contribution in [3.63, 3.8) is 0 Å². The molecular weight excluding hydrogens is 276 g/mol. The summed E-state index contributed by atoms with van der Waals surface area (Å²) in [6.45, 7) is 3.23. The second-order valence-electron chi connectivity index (χ2n) is 4.60. The van der Waals surface area contributed by atoms with E-state index in [-0.39, 0.29) is 11.9 Å². The molecule has 1 amide bonds. The maximum Gasteiger partial charge on any atom is 0.296 e. The van der Waals surface area contributed by atoms with Gasteiger partial charge >= 0.3 is 0 Å². The van der Waals surface area contributed by atoms with E-state index >= 15 is 0 Å². The zero-order valence-electron chi connectivity index (χ0n) is 11.6. The van der Waals surface area contributed by atoms with Crippen molar-refractivity contribution in [3.05, 3.63) is 23.2 Å². The number of nitrogens with zero attached hydrogens (tertiary/aromatic N) is 1. The number of benzene rings is 1. The lowest BCUT2D eigenvalue weighted by atomic mass is 10.2. The monoisotopic (exact) mass is 292 g/mol. The molecular formula is C15H17ClN2O2. The highest BCUT2D eigenvalue weighted by molar-refractivity contribution is 6.30. The van der Waals surface area contributed by atoms with Gasteiger partial charge < -0.3 is 15.0 Å². The molecule has 1 atom stereocenters. The number of hydrogen-bond acceptors (Lipinski definition) is 3. The molecule has 2 rings (SSSR count). The zero-order valence-corrected chi connectivity index (χ0v) is 12.3. The van der Waals surface area contributed by atoms with Crippen LogP contribution < -0.4 is 15.0 Å². The Kier molecular flexibility index (Phi) is 4.75. The van der Waals surface area contributed by atoms with Gasteiger partial charge in [0.2, 0.25) is 0 Å². The Morgan fingerprint density at radius 1 is 1.55 bits per heavy atom. The van der Waals surface area contributed by atoms with Gasteiger partial charge in [-0.2, -0.15) is 0 Å². The van der Waals surface area contributed by atoms with Crippen LogP contribution in [0.25, 0.3) is 0 Å². The van der Waals surface area contributed by atoms with E-state index in [0.717, 1.165) is 30.9 Å². The molecule has 0 saturated carbocycles. The maximum atomic E-state index is 11.5. The van der Waals surface area contributed by atoms with Crippen molar-refractivity contribution in [2.75, 3.05) is 25.1 Å². The quantitative estimate of drug-likeness (QED) is 0.867. The normalized spacial score (nSPS) is 17.4. The van der Waals surface area contributed by atoms with Gasteiger partial charge in [-0.15, -0.1) is 0 Å². The fraction of sp³-hybridized carbons (Fsp3) is 0.400. The summed E-state index contributed by atoms with van der Waals surface area (Å²) in [5.74, 6) is 5.65. The number of methoxy groups -OCH3 is 1. The Balaban J connectivity index is 2.07. The molecule has 5 heteroatoms. The molecule has 0 bridgehead atoms. The number of ether oxygens (including phenoxy) is 1. The standard InChI is InChI=1S/C15H17ClN2O2/c1-3-4-15(19)17-12-7-8-18(10-12)13-9-11(16)5-6-14(13)20-2/h5-6,9,12H,7-8,10H2,1-2H3,(H,17,19). The van der Waals surface area contributed by atoms with Crippen LogP contribution in [0.1, 0.15) is 13.3 Å². The average Bonchev–Trinajstić information content (AvgIpc) is 2.87. The lowest BCUT2D eigenvalue weighted by molar-refractivity contribution is -0.116. The summed E-state index contributed by atoms with van der Waals surface area (Å²) in [7, 11) is 1.64. The minimum absolute atomic E-state index is 0.104. The number of hydrogen-bond donors (Lipinski definition) is 1. The summed E-state index contributed by atoms with van der Waals surface area (Å²) in [6.07, 6.45) is 0.882. The van der Waals surface area contributed by atoms with Crippen molar-refractivity contribution in [2.45, 2.75) is 19.4 Å². The van der Waals surface area contributed by atoms with Crippen molar-refractivity contribution >= 4 is 23.2 Å². The van der Waals surface area contributed by atoms with E-state index in [9.17, 15) is 4.79 Å². The zero-order chi connectivity index (χ0) is 14.5. The number of carbonyl (C=O) groups is 1. The Hall–Kier alpha value is -1.86. The van der Waals surface area contributed by atoms with E-state index in [2.05, 4.69) is 22.1 Å². The molecule has 1 aromatic carbocycles. The Morgan fingerprint density at radius 3 is 3.05 bits per heavy atom. The first-order chi connectivity index (χ1) is 9.63. The smallest absolute Gasteiger partial charge is 0.296 e. The highest BCUT2D eigenvalue weighted by atomic mass is 35.5. The predicted octanol–water partition coefficient (Wildman–Crippen LogP) is 2.07. The fourth-order valence-electron chi connectivity index (χ4n) is 2.34. The van der Waals surface area contributed by atoms with Crippen LogP contribution in [-0.4, -0.2) is 32.1 Å². The van der Waals surface area contributed by atoms with Crippen LogP contribution in [0.5, 0.6) is 5.75 Å². The van der Waals surface area contributed by atoms with Crippen LogP contribution in [0.2, 0.25) is 5.02 Å². The van der Waals surface area contributed by atoms with Gasteiger partial charge in [-0.3, -0.25) is 4.79 Å². The molecule has 1 unspecified atom stereocenters. The topological polar surface area (TPSA) is 41.6 Å². The van der Waals surface area contributed by atoms with Crippen LogP contribution in [0.15, 0.2) is 18.2 Å². The molecule has 4 nitrogen and oxygen atoms in total. The van der Waals surface area contributed by atoms with Gasteiger partial charge in [0.15, 0.2) is 0 Å². The third kappa shape index (κ3) is 3.37. The largest absolute Gasteiger partial charge is 0.495 e. The van der Waals surface area contributed by atoms with Crippen molar-refractivity contribution in [1.29, 1.82) is 0 Å². The second kappa shape index (κ2) is 6.53. The third-order valence-corrected chi connectivity index (χ3v) is 3.48. The van der Waals surface area contributed by atoms with Crippen LogP contribution in [0.3, 0.4) is 0 Å². The van der Waals surface area contributed by atoms with E-state index < -0.39 is 0 Å². The lowest BCUT2D eigenvalue weighted by Gasteiger charge is -2.21. The van der Waals surface area contributed by atoms with Crippen LogP contribution in [-0.2, 0) is 4.79 Å². The van der Waals surface area contributed by atoms with Gasteiger partial charge in [-0.25, -0.2) is 0 Å². The Morgan fingerprint density at radius 2 is 2.35 bits per heavy atom. The molecule has 0 aliphatic carbocycles. The number of rotatable bonds is 3. The maximum absolute atomic E-state index is 11.5. The first kappa shape index (κ1) is 14.5. The molecule has 0 spiro atoms. The summed E-state index contributed by atoms with van der Waals surface area (Å²) >= 11 is 6.04. The first-order valence-corrected chi connectivity index (χ1v) is 6.83. The molecule has 1 aliphatic heterocycles. The van der Waals surface area contributed by atoms with Gasteiger partial charge in [0.05, 0.1) is 12.8 Å². The van der Waals surface area contributed by atoms with Gasteiger partial charge in [-0.05, 0) is 37.5 Å². The molecule has 1 aliphatic rings. The number of amides is 1. The highest BCUT2D eigenvalue weighted by Crippen LogP contribution is 2.33. The summed E-state index contributed by atoms with van der Waals surface area (Å²) < 4.78 is 5.36. The van der Waals surface area contributed by atoms with Gasteiger partial charge in [-0.1, -0.05) is 17.5 Å². The summed E-state index contributed by atoms with van der Waals surface area (Å²) in [6, 6.07) is 5.64. The SMILES string of the molecule is CC#CC(=O)NC1CCN(c2cc(Cl)ccc2OC)C1. The molecule has 20 heavy (non-hydrogen) atoms. The second-order valence-corrected chi connectivity index (χ2v) is 5.03. The molecule has 106 valence electrons. The van der Waals surface area contributed by atoms with Crippen LogP contribution in [0.4, 0.5) is 5.69 Å². The average molecular weight is 293 g/mol. The minimum Gasteiger partial charge on any atom is -0.495 e. The van der Waals surface area contributed by atoms with E-state index in [0.29, 0.717) is 5.02 Å². The van der Waals surface area contributed by atoms with Crippen LogP contribution >= 0.6 is 11.6 Å². The number of anilines is 1. The number of nitrogens with one attached hydrogen (secondary N) is 1. The van der Waals surface area contributed by atoms with E-state index in [1.54, 1.807) is 20.1 Å². The number of carbonyl (C=O) groups excluding carboxylic acids is 1. The van der Waals surface area contributed by atoms with Crippen molar-refractivity contribution in [1.82, 2.24) is 5.32 Å². The summed E-state index contributed by atoms with van der Waals surface area (Å²) in [5, 5.41) is 3.58. The van der Waals surface area contributed by atoms with Crippen molar-refractivity contribution < 1.29 is 9.53 Å². The van der Waals surface area contributed by atoms with Gasteiger partial charge in [0.1, 0.15) is 5.75 Å². The van der Waals surface area contributed by atoms with Crippen molar-refractivity contribution in [2.24, 2.45) is 0 Å². The minimum atomic E-state index is -0.225. The van der Waals surface area contributed by atoms with Gasteiger partial charge in [0.25, 0.3) is 5.91 Å².